The summed E-state index contributed by atoms with van der Waals surface area (Å²) < 4.78 is 0. The van der Waals surface area contributed by atoms with E-state index in [1.807, 2.05) is 36.7 Å². The van der Waals surface area contributed by atoms with E-state index < -0.39 is 0 Å². The van der Waals surface area contributed by atoms with Gasteiger partial charge in [-0.1, -0.05) is 60.7 Å². The van der Waals surface area contributed by atoms with Crippen LogP contribution in [-0.4, -0.2) is 9.97 Å². The minimum absolute atomic E-state index is 0.812. The van der Waals surface area contributed by atoms with Crippen LogP contribution in [0.15, 0.2) is 122 Å². The van der Waals surface area contributed by atoms with Crippen molar-refractivity contribution < 1.29 is 0 Å². The lowest BCUT2D eigenvalue weighted by atomic mass is 10.1. The summed E-state index contributed by atoms with van der Waals surface area (Å²) in [6, 6.07) is 37.9. The van der Waals surface area contributed by atoms with Crippen molar-refractivity contribution in [2.24, 2.45) is 0 Å². The smallest absolute Gasteiger partial charge is 0.0455 e. The zero-order valence-corrected chi connectivity index (χ0v) is 19.0. The Morgan fingerprint density at radius 3 is 1.68 bits per heavy atom. The number of rotatable bonds is 5. The van der Waals surface area contributed by atoms with E-state index in [4.69, 9.17) is 5.73 Å². The van der Waals surface area contributed by atoms with Gasteiger partial charge in [0.25, 0.3) is 0 Å². The fourth-order valence-corrected chi connectivity index (χ4v) is 4.16. The Morgan fingerprint density at radius 1 is 0.559 bits per heavy atom. The largest absolute Gasteiger partial charge is 0.399 e. The van der Waals surface area contributed by atoms with Crippen LogP contribution in [0.2, 0.25) is 0 Å². The molecule has 0 fully saturated rings. The van der Waals surface area contributed by atoms with Crippen LogP contribution >= 0.6 is 0 Å². The molecule has 0 aliphatic carbocycles. The van der Waals surface area contributed by atoms with Crippen molar-refractivity contribution in [3.05, 3.63) is 133 Å². The number of hydrogen-bond acceptors (Lipinski definition) is 2. The number of aromatic amines is 2. The molecule has 34 heavy (non-hydrogen) atoms. The van der Waals surface area contributed by atoms with Gasteiger partial charge in [0, 0.05) is 58.7 Å². The van der Waals surface area contributed by atoms with E-state index in [0.717, 1.165) is 24.3 Å². The second-order valence-corrected chi connectivity index (χ2v) is 8.40. The maximum Gasteiger partial charge on any atom is 0.0455 e. The molecule has 0 spiro atoms. The number of nitrogens with two attached hydrogens (primary N) is 1. The molecular formula is C30H28N4. The minimum atomic E-state index is 0.812. The second kappa shape index (κ2) is 10.0. The molecule has 0 bridgehead atoms. The summed E-state index contributed by atoms with van der Waals surface area (Å²) in [5.41, 5.74) is 12.6. The first kappa shape index (κ1) is 21.4. The van der Waals surface area contributed by atoms with E-state index in [2.05, 4.69) is 99.8 Å². The van der Waals surface area contributed by atoms with Gasteiger partial charge < -0.3 is 20.6 Å². The van der Waals surface area contributed by atoms with E-state index in [9.17, 15) is 0 Å². The van der Waals surface area contributed by atoms with E-state index in [0.29, 0.717) is 0 Å². The van der Waals surface area contributed by atoms with Gasteiger partial charge in [0.2, 0.25) is 0 Å². The van der Waals surface area contributed by atoms with E-state index in [-0.39, 0.29) is 0 Å². The molecular weight excluding hydrogens is 416 g/mol. The monoisotopic (exact) mass is 444 g/mol. The Bertz CT molecular complexity index is 1420. The number of aromatic nitrogens is 2. The van der Waals surface area contributed by atoms with E-state index in [1.54, 1.807) is 0 Å². The van der Waals surface area contributed by atoms with Crippen molar-refractivity contribution in [3.63, 3.8) is 0 Å². The van der Waals surface area contributed by atoms with Gasteiger partial charge in [-0.05, 0) is 59.7 Å². The number of fused-ring (bicyclic) bond motifs is 2. The Balaban J connectivity index is 0.000000200. The predicted octanol–water partition coefficient (Wildman–Crippen LogP) is 7.12. The zero-order valence-electron chi connectivity index (χ0n) is 19.0. The van der Waals surface area contributed by atoms with Crippen LogP contribution in [0.3, 0.4) is 0 Å². The Morgan fingerprint density at radius 2 is 1.09 bits per heavy atom. The fourth-order valence-electron chi connectivity index (χ4n) is 4.16. The molecule has 4 heteroatoms. The zero-order chi connectivity index (χ0) is 23.2. The summed E-state index contributed by atoms with van der Waals surface area (Å²) in [7, 11) is 0. The number of benzene rings is 4. The Hall–Kier alpha value is -4.44. The van der Waals surface area contributed by atoms with Crippen molar-refractivity contribution in [1.82, 2.24) is 9.97 Å². The molecule has 4 aromatic carbocycles. The van der Waals surface area contributed by atoms with E-state index >= 15 is 0 Å². The van der Waals surface area contributed by atoms with Crippen molar-refractivity contribution in [2.45, 2.75) is 13.1 Å². The average Bonchev–Trinajstić information content (AvgIpc) is 3.54. The van der Waals surface area contributed by atoms with Gasteiger partial charge >= 0.3 is 0 Å². The standard InChI is InChI=1S/C22H20N2.C8H8N2/c1-3-7-18(8-4-1)16-24(17-19-9-5-2-6-10-19)21-11-12-22-20(15-21)13-14-23-22;9-7-1-2-8-6(5-7)3-4-10-8/h1-15,23H,16-17H2;1-5,10H,9H2. The van der Waals surface area contributed by atoms with Gasteiger partial charge in [-0.2, -0.15) is 0 Å². The van der Waals surface area contributed by atoms with Crippen LogP contribution in [0.5, 0.6) is 0 Å². The molecule has 2 aromatic heterocycles. The lowest BCUT2D eigenvalue weighted by molar-refractivity contribution is 0.801. The molecule has 6 rings (SSSR count). The van der Waals surface area contributed by atoms with Crippen molar-refractivity contribution >= 4 is 33.2 Å². The minimum Gasteiger partial charge on any atom is -0.399 e. The van der Waals surface area contributed by atoms with Crippen LogP contribution in [0, 0.1) is 0 Å². The number of hydrogen-bond donors (Lipinski definition) is 3. The van der Waals surface area contributed by atoms with E-state index in [1.165, 1.54) is 33.1 Å². The molecule has 4 nitrogen and oxygen atoms in total. The highest BCUT2D eigenvalue weighted by molar-refractivity contribution is 5.83. The van der Waals surface area contributed by atoms with Crippen LogP contribution in [-0.2, 0) is 13.1 Å². The molecule has 0 saturated carbocycles. The normalized spacial score (nSPS) is 10.7. The fraction of sp³-hybridized carbons (Fsp3) is 0.0667. The summed E-state index contributed by atoms with van der Waals surface area (Å²) in [4.78, 5) is 8.79. The van der Waals surface area contributed by atoms with Gasteiger partial charge in [0.15, 0.2) is 0 Å². The molecule has 0 saturated heterocycles. The summed E-state index contributed by atoms with van der Waals surface area (Å²) in [6.07, 6.45) is 3.90. The van der Waals surface area contributed by atoms with Gasteiger partial charge in [0.05, 0.1) is 0 Å². The third-order valence-corrected chi connectivity index (χ3v) is 5.91. The summed E-state index contributed by atoms with van der Waals surface area (Å²) in [5.74, 6) is 0. The van der Waals surface area contributed by atoms with Gasteiger partial charge in [-0.15, -0.1) is 0 Å². The maximum atomic E-state index is 5.57. The molecule has 2 heterocycles. The van der Waals surface area contributed by atoms with Crippen LogP contribution in [0.4, 0.5) is 11.4 Å². The molecule has 0 atom stereocenters. The first-order chi connectivity index (χ1) is 16.7. The number of nitrogen functional groups attached to an aromatic ring is 1. The predicted molar refractivity (Wildman–Crippen MR) is 144 cm³/mol. The summed E-state index contributed by atoms with van der Waals surface area (Å²) >= 11 is 0. The van der Waals surface area contributed by atoms with Crippen LogP contribution in [0.1, 0.15) is 11.1 Å². The third kappa shape index (κ3) is 5.13. The van der Waals surface area contributed by atoms with Gasteiger partial charge in [0.1, 0.15) is 0 Å². The quantitative estimate of drug-likeness (QED) is 0.248. The number of anilines is 2. The lowest BCUT2D eigenvalue weighted by Crippen LogP contribution is -2.22. The van der Waals surface area contributed by atoms with Gasteiger partial charge in [-0.3, -0.25) is 0 Å². The second-order valence-electron chi connectivity index (χ2n) is 8.40. The third-order valence-electron chi connectivity index (χ3n) is 5.91. The van der Waals surface area contributed by atoms with Crippen LogP contribution < -0.4 is 10.6 Å². The molecule has 0 radical (unpaired) electrons. The highest BCUT2D eigenvalue weighted by atomic mass is 15.1. The first-order valence-electron chi connectivity index (χ1n) is 11.5. The van der Waals surface area contributed by atoms with Crippen LogP contribution in [0.25, 0.3) is 21.8 Å². The summed E-state index contributed by atoms with van der Waals surface area (Å²) in [5, 5.41) is 2.42. The molecule has 0 aliphatic rings. The molecule has 6 aromatic rings. The average molecular weight is 445 g/mol. The number of H-pyrrole nitrogens is 2. The molecule has 168 valence electrons. The molecule has 0 unspecified atom stereocenters. The van der Waals surface area contributed by atoms with Crippen molar-refractivity contribution in [2.75, 3.05) is 10.6 Å². The maximum absolute atomic E-state index is 5.57. The summed E-state index contributed by atoms with van der Waals surface area (Å²) in [6.45, 7) is 1.79. The van der Waals surface area contributed by atoms with Crippen molar-refractivity contribution in [1.29, 1.82) is 0 Å². The SMILES string of the molecule is Nc1ccc2[nH]ccc2c1.c1ccc(CN(Cc2ccccc2)c2ccc3[nH]ccc3c2)cc1. The number of nitrogens with zero attached hydrogens (tertiary/aromatic N) is 1. The Kier molecular flexibility index (Phi) is 6.30. The highest BCUT2D eigenvalue weighted by Gasteiger charge is 2.09. The van der Waals surface area contributed by atoms with Gasteiger partial charge in [-0.25, -0.2) is 0 Å². The first-order valence-corrected chi connectivity index (χ1v) is 11.5. The Labute approximate surface area is 199 Å². The molecule has 0 amide bonds. The highest BCUT2D eigenvalue weighted by Crippen LogP contribution is 2.25. The lowest BCUT2D eigenvalue weighted by Gasteiger charge is -2.25. The van der Waals surface area contributed by atoms with Crippen molar-refractivity contribution in [3.8, 4) is 0 Å². The molecule has 0 aliphatic heterocycles. The topological polar surface area (TPSA) is 60.8 Å². The molecule has 4 N–H and O–H groups in total. The number of nitrogens with one attached hydrogen (secondary N) is 2.